The molecule has 2 aromatic carbocycles. The number of fused-ring (bicyclic) bond motifs is 1. The molecule has 0 saturated heterocycles. The highest BCUT2D eigenvalue weighted by molar-refractivity contribution is 6.08. The van der Waals surface area contributed by atoms with Crippen molar-refractivity contribution < 1.29 is 14.0 Å². The lowest BCUT2D eigenvalue weighted by Crippen LogP contribution is -2.42. The third kappa shape index (κ3) is 3.90. The van der Waals surface area contributed by atoms with E-state index in [1.165, 1.54) is 6.26 Å². The van der Waals surface area contributed by atoms with Crippen LogP contribution in [0.5, 0.6) is 0 Å². The van der Waals surface area contributed by atoms with Gasteiger partial charge in [0.25, 0.3) is 11.8 Å². The zero-order valence-electron chi connectivity index (χ0n) is 18.4. The van der Waals surface area contributed by atoms with Gasteiger partial charge in [0.05, 0.1) is 28.7 Å². The Morgan fingerprint density at radius 1 is 0.912 bits per heavy atom. The van der Waals surface area contributed by atoms with Gasteiger partial charge in [0.1, 0.15) is 5.69 Å². The number of amides is 2. The summed E-state index contributed by atoms with van der Waals surface area (Å²) in [6, 6.07) is 20.1. The molecule has 0 saturated carbocycles. The Balaban J connectivity index is 1.38. The van der Waals surface area contributed by atoms with Crippen LogP contribution in [0.2, 0.25) is 0 Å². The molecular formula is C25H20N6O3. The topological polar surface area (TPSA) is 115 Å². The monoisotopic (exact) mass is 452 g/mol. The Morgan fingerprint density at radius 3 is 2.44 bits per heavy atom. The Labute approximate surface area is 194 Å². The van der Waals surface area contributed by atoms with Crippen LogP contribution in [0.4, 0.5) is 0 Å². The van der Waals surface area contributed by atoms with Crippen molar-refractivity contribution in [1.82, 2.24) is 30.8 Å². The van der Waals surface area contributed by atoms with Crippen molar-refractivity contribution in [2.24, 2.45) is 0 Å². The first-order valence-corrected chi connectivity index (χ1v) is 10.5. The molecule has 0 atom stereocenters. The van der Waals surface area contributed by atoms with E-state index in [0.717, 1.165) is 11.3 Å². The molecule has 0 aliphatic rings. The normalized spacial score (nSPS) is 10.9. The third-order valence-corrected chi connectivity index (χ3v) is 5.41. The van der Waals surface area contributed by atoms with Gasteiger partial charge in [-0.25, -0.2) is 9.67 Å². The number of nitrogens with one attached hydrogen (secondary N) is 2. The summed E-state index contributed by atoms with van der Waals surface area (Å²) in [4.78, 5) is 30.4. The van der Waals surface area contributed by atoms with Crippen LogP contribution in [0.3, 0.4) is 0 Å². The first-order chi connectivity index (χ1) is 16.5. The maximum absolute atomic E-state index is 13.0. The van der Waals surface area contributed by atoms with Gasteiger partial charge in [-0.15, -0.1) is 5.10 Å². The zero-order valence-corrected chi connectivity index (χ0v) is 18.4. The standard InChI is InChI=1S/C25H20N6O3/c1-15-9-11-17(12-10-15)31-16(2)23(27-30-31)25(33)29-28-24(32)19-14-21(22-8-5-13-34-22)26-20-7-4-3-6-18(19)20/h3-14H,1-2H3,(H,28,32)(H,29,33). The highest BCUT2D eigenvalue weighted by Gasteiger charge is 2.20. The van der Waals surface area contributed by atoms with E-state index in [2.05, 4.69) is 26.1 Å². The Hall–Kier alpha value is -4.79. The zero-order chi connectivity index (χ0) is 23.7. The number of pyridine rings is 1. The van der Waals surface area contributed by atoms with Crippen molar-refractivity contribution in [2.75, 3.05) is 0 Å². The fourth-order valence-electron chi connectivity index (χ4n) is 3.62. The molecule has 0 aliphatic heterocycles. The van der Waals surface area contributed by atoms with Gasteiger partial charge in [0, 0.05) is 5.39 Å². The maximum Gasteiger partial charge on any atom is 0.292 e. The van der Waals surface area contributed by atoms with Crippen molar-refractivity contribution in [1.29, 1.82) is 0 Å². The molecule has 0 radical (unpaired) electrons. The number of hydrazine groups is 1. The number of furan rings is 1. The van der Waals surface area contributed by atoms with Crippen molar-refractivity contribution in [3.8, 4) is 17.1 Å². The van der Waals surface area contributed by atoms with Crippen molar-refractivity contribution >= 4 is 22.7 Å². The summed E-state index contributed by atoms with van der Waals surface area (Å²) in [6.45, 7) is 3.73. The molecule has 0 fully saturated rings. The smallest absolute Gasteiger partial charge is 0.292 e. The molecule has 2 N–H and O–H groups in total. The second-order valence-corrected chi connectivity index (χ2v) is 7.73. The van der Waals surface area contributed by atoms with Crippen LogP contribution in [0.15, 0.2) is 77.4 Å². The predicted molar refractivity (Wildman–Crippen MR) is 125 cm³/mol. The predicted octanol–water partition coefficient (Wildman–Crippen LogP) is 3.77. The van der Waals surface area contributed by atoms with E-state index in [1.54, 1.807) is 35.9 Å². The van der Waals surface area contributed by atoms with Gasteiger partial charge in [-0.2, -0.15) is 0 Å². The van der Waals surface area contributed by atoms with Gasteiger partial charge >= 0.3 is 0 Å². The van der Waals surface area contributed by atoms with E-state index in [-0.39, 0.29) is 5.69 Å². The number of nitrogens with zero attached hydrogens (tertiary/aromatic N) is 4. The van der Waals surface area contributed by atoms with E-state index in [0.29, 0.717) is 33.6 Å². The molecule has 9 nitrogen and oxygen atoms in total. The van der Waals surface area contributed by atoms with Gasteiger partial charge in [0.15, 0.2) is 11.5 Å². The molecule has 34 heavy (non-hydrogen) atoms. The van der Waals surface area contributed by atoms with Crippen LogP contribution in [-0.4, -0.2) is 31.8 Å². The van der Waals surface area contributed by atoms with Crippen LogP contribution in [0, 0.1) is 13.8 Å². The minimum Gasteiger partial charge on any atom is -0.463 e. The van der Waals surface area contributed by atoms with Crippen LogP contribution < -0.4 is 10.9 Å². The average Bonchev–Trinajstić information content (AvgIpc) is 3.52. The third-order valence-electron chi connectivity index (χ3n) is 5.41. The van der Waals surface area contributed by atoms with Gasteiger partial charge in [0.2, 0.25) is 0 Å². The van der Waals surface area contributed by atoms with Crippen LogP contribution in [-0.2, 0) is 0 Å². The lowest BCUT2D eigenvalue weighted by atomic mass is 10.1. The number of carbonyl (C=O) groups is 2. The highest BCUT2D eigenvalue weighted by Crippen LogP contribution is 2.25. The number of hydrogen-bond donors (Lipinski definition) is 2. The minimum atomic E-state index is -0.575. The summed E-state index contributed by atoms with van der Waals surface area (Å²) in [7, 11) is 0. The molecule has 168 valence electrons. The first-order valence-electron chi connectivity index (χ1n) is 10.5. The molecule has 3 heterocycles. The van der Waals surface area contributed by atoms with Crippen molar-refractivity contribution in [3.05, 3.63) is 95.5 Å². The summed E-state index contributed by atoms with van der Waals surface area (Å²) < 4.78 is 7.01. The fourth-order valence-corrected chi connectivity index (χ4v) is 3.62. The lowest BCUT2D eigenvalue weighted by Gasteiger charge is -2.10. The number of aromatic nitrogens is 4. The molecule has 9 heteroatoms. The van der Waals surface area contributed by atoms with Gasteiger partial charge in [-0.3, -0.25) is 20.4 Å². The lowest BCUT2D eigenvalue weighted by molar-refractivity contribution is 0.0844. The fraction of sp³-hybridized carbons (Fsp3) is 0.0800. The van der Waals surface area contributed by atoms with E-state index >= 15 is 0 Å². The first kappa shape index (κ1) is 21.1. The maximum atomic E-state index is 13.0. The average molecular weight is 452 g/mol. The Morgan fingerprint density at radius 2 is 1.68 bits per heavy atom. The summed E-state index contributed by atoms with van der Waals surface area (Å²) >= 11 is 0. The molecule has 0 unspecified atom stereocenters. The molecule has 5 aromatic rings. The van der Waals surface area contributed by atoms with Gasteiger partial charge in [-0.05, 0) is 50.2 Å². The minimum absolute atomic E-state index is 0.108. The van der Waals surface area contributed by atoms with Crippen molar-refractivity contribution in [3.63, 3.8) is 0 Å². The molecule has 0 spiro atoms. The Bertz CT molecular complexity index is 1500. The Kier molecular flexibility index (Phi) is 5.35. The van der Waals surface area contributed by atoms with Crippen LogP contribution in [0.1, 0.15) is 32.1 Å². The highest BCUT2D eigenvalue weighted by atomic mass is 16.3. The van der Waals surface area contributed by atoms with Crippen LogP contribution >= 0.6 is 0 Å². The molecule has 2 amide bonds. The summed E-state index contributed by atoms with van der Waals surface area (Å²) in [5, 5.41) is 8.71. The van der Waals surface area contributed by atoms with Gasteiger partial charge < -0.3 is 4.42 Å². The van der Waals surface area contributed by atoms with E-state index < -0.39 is 11.8 Å². The quantitative estimate of drug-likeness (QED) is 0.401. The molecule has 0 aliphatic carbocycles. The number of carbonyl (C=O) groups excluding carboxylic acids is 2. The van der Waals surface area contributed by atoms with E-state index in [4.69, 9.17) is 4.42 Å². The number of benzene rings is 2. The molecule has 3 aromatic heterocycles. The number of para-hydroxylation sites is 1. The van der Waals surface area contributed by atoms with Crippen molar-refractivity contribution in [2.45, 2.75) is 13.8 Å². The largest absolute Gasteiger partial charge is 0.463 e. The van der Waals surface area contributed by atoms with E-state index in [1.807, 2.05) is 49.4 Å². The second-order valence-electron chi connectivity index (χ2n) is 7.73. The number of aryl methyl sites for hydroxylation is 1. The SMILES string of the molecule is Cc1ccc(-n2nnc(C(=O)NNC(=O)c3cc(-c4ccco4)nc4ccccc34)c2C)cc1. The number of rotatable bonds is 4. The molecule has 5 rings (SSSR count). The molecule has 0 bridgehead atoms. The summed E-state index contributed by atoms with van der Waals surface area (Å²) in [5.41, 5.74) is 8.94. The van der Waals surface area contributed by atoms with Crippen LogP contribution in [0.25, 0.3) is 28.0 Å². The summed E-state index contributed by atoms with van der Waals surface area (Å²) in [5.74, 6) is -0.538. The molecular weight excluding hydrogens is 432 g/mol. The van der Waals surface area contributed by atoms with E-state index in [9.17, 15) is 9.59 Å². The second kappa shape index (κ2) is 8.62. The number of hydrogen-bond acceptors (Lipinski definition) is 6. The summed E-state index contributed by atoms with van der Waals surface area (Å²) in [6.07, 6.45) is 1.54. The van der Waals surface area contributed by atoms with Gasteiger partial charge in [-0.1, -0.05) is 41.1 Å².